The van der Waals surface area contributed by atoms with Crippen molar-refractivity contribution in [2.45, 2.75) is 155 Å². The van der Waals surface area contributed by atoms with Crippen molar-refractivity contribution in [2.24, 2.45) is 23.7 Å². The fourth-order valence-electron chi connectivity index (χ4n) is 9.83. The quantitative estimate of drug-likeness (QED) is 0.0233. The minimum atomic E-state index is -2.97. The van der Waals surface area contributed by atoms with Crippen molar-refractivity contribution in [2.75, 3.05) is 43.2 Å². The van der Waals surface area contributed by atoms with Crippen molar-refractivity contribution in [1.82, 2.24) is 41.2 Å². The van der Waals surface area contributed by atoms with Gasteiger partial charge < -0.3 is 134 Å². The van der Waals surface area contributed by atoms with Gasteiger partial charge in [0.15, 0.2) is 28.5 Å². The Hall–Kier alpha value is -8.81. The van der Waals surface area contributed by atoms with Crippen LogP contribution in [0.15, 0.2) is 35.3 Å². The molecular weight excluding hydrogens is 1400 g/mol. The molecular formula is C58H82N10O33S. The topological polar surface area (TPSA) is 767 Å². The lowest BCUT2D eigenvalue weighted by Gasteiger charge is -2.33. The lowest BCUT2D eigenvalue weighted by atomic mass is 9.85. The van der Waals surface area contributed by atoms with E-state index in [2.05, 4.69) is 43.2 Å². The van der Waals surface area contributed by atoms with Crippen LogP contribution < -0.4 is 37.9 Å². The summed E-state index contributed by atoms with van der Waals surface area (Å²) >= 11 is 3.81. The third kappa shape index (κ3) is 25.6. The molecule has 0 saturated carbocycles. The van der Waals surface area contributed by atoms with E-state index in [0.29, 0.717) is 5.69 Å². The van der Waals surface area contributed by atoms with Gasteiger partial charge in [-0.1, -0.05) is 0 Å². The average molecular weight is 1480 g/mol. The number of nitrogen functional groups attached to an aromatic ring is 1. The Bertz CT molecular complexity index is 3460. The molecule has 0 saturated heterocycles. The highest BCUT2D eigenvalue weighted by Gasteiger charge is 2.46. The highest BCUT2D eigenvalue weighted by molar-refractivity contribution is 7.80. The van der Waals surface area contributed by atoms with Crippen LogP contribution in [0.25, 0.3) is 11.2 Å². The summed E-state index contributed by atoms with van der Waals surface area (Å²) < 4.78 is 0. The summed E-state index contributed by atoms with van der Waals surface area (Å²) in [5.41, 5.74) is 5.31. The van der Waals surface area contributed by atoms with Gasteiger partial charge in [-0.25, -0.2) is 14.8 Å². The average Bonchev–Trinajstić information content (AvgIpc) is 0.822. The van der Waals surface area contributed by atoms with Gasteiger partial charge >= 0.3 is 23.9 Å². The molecule has 0 bridgehead atoms. The summed E-state index contributed by atoms with van der Waals surface area (Å²) in [6.07, 6.45) is -40.7. The van der Waals surface area contributed by atoms with Crippen molar-refractivity contribution >= 4 is 106 Å². The number of carbonyl (C=O) groups excluding carboxylic acids is 8. The van der Waals surface area contributed by atoms with Crippen LogP contribution in [0.5, 0.6) is 0 Å². The van der Waals surface area contributed by atoms with Gasteiger partial charge in [0.1, 0.15) is 84.9 Å². The molecule has 3 aromatic rings. The zero-order valence-corrected chi connectivity index (χ0v) is 54.3. The van der Waals surface area contributed by atoms with E-state index in [1.165, 1.54) is 30.5 Å². The van der Waals surface area contributed by atoms with Crippen LogP contribution in [0, 0.1) is 23.7 Å². The lowest BCUT2D eigenvalue weighted by molar-refractivity contribution is -0.150. The van der Waals surface area contributed by atoms with Crippen molar-refractivity contribution in [1.29, 1.82) is 0 Å². The van der Waals surface area contributed by atoms with Crippen molar-refractivity contribution in [3.8, 4) is 0 Å². The molecule has 0 fully saturated rings. The summed E-state index contributed by atoms with van der Waals surface area (Å²) in [4.78, 5) is 187. The van der Waals surface area contributed by atoms with E-state index < -0.39 is 281 Å². The summed E-state index contributed by atoms with van der Waals surface area (Å²) in [6.45, 7) is -5.55. The number of ketones is 4. The van der Waals surface area contributed by atoms with Gasteiger partial charge in [0.25, 0.3) is 11.5 Å². The van der Waals surface area contributed by atoms with Gasteiger partial charge in [-0.2, -0.15) is 17.6 Å². The normalized spacial score (nSPS) is 17.5. The van der Waals surface area contributed by atoms with Gasteiger partial charge in [0, 0.05) is 49.1 Å². The van der Waals surface area contributed by atoms with Crippen LogP contribution in [-0.2, 0) is 59.3 Å². The number of carboxylic acids is 4. The number of carboxylic acid groups (broad SMARTS) is 4. The zero-order chi connectivity index (χ0) is 77.3. The molecule has 0 radical (unpaired) electrons. The fourth-order valence-corrected chi connectivity index (χ4v) is 10.1. The summed E-state index contributed by atoms with van der Waals surface area (Å²) in [6, 6.07) is -4.58. The molecule has 0 spiro atoms. The maximum Gasteiger partial charge on any atom is 0.326 e. The Kier molecular flexibility index (Phi) is 35.4. The van der Waals surface area contributed by atoms with Gasteiger partial charge in [0.05, 0.1) is 99.6 Å². The number of rotatable bonds is 48. The lowest BCUT2D eigenvalue weighted by Crippen LogP contribution is -2.60. The van der Waals surface area contributed by atoms with Crippen LogP contribution >= 0.6 is 12.6 Å². The number of carbonyl (C=O) groups is 12. The number of aliphatic carboxylic acids is 4. The minimum Gasteiger partial charge on any atom is -0.481 e. The van der Waals surface area contributed by atoms with E-state index >= 15 is 0 Å². The molecule has 102 heavy (non-hydrogen) atoms. The van der Waals surface area contributed by atoms with E-state index in [9.17, 15) is 164 Å². The largest absolute Gasteiger partial charge is 0.481 e. The first-order valence-electron chi connectivity index (χ1n) is 30.5. The molecule has 0 aliphatic heterocycles. The number of anilines is 2. The highest BCUT2D eigenvalue weighted by atomic mass is 32.1. The third-order valence-electron chi connectivity index (χ3n) is 15.8. The van der Waals surface area contributed by atoms with Gasteiger partial charge in [0.2, 0.25) is 23.7 Å². The molecule has 44 heteroatoms. The van der Waals surface area contributed by atoms with Crippen molar-refractivity contribution in [3.63, 3.8) is 0 Å². The monoisotopic (exact) mass is 1480 g/mol. The minimum absolute atomic E-state index is 0.00220. The van der Waals surface area contributed by atoms with Crippen LogP contribution in [0.1, 0.15) is 67.4 Å². The first kappa shape index (κ1) is 87.4. The first-order valence-corrected chi connectivity index (χ1v) is 31.2. The molecule has 2 heterocycles. The Morgan fingerprint density at radius 1 is 0.500 bits per heavy atom. The molecule has 0 aliphatic carbocycles. The van der Waals surface area contributed by atoms with Gasteiger partial charge in [-0.15, -0.1) is 0 Å². The molecule has 1 aromatic carbocycles. The fraction of sp³-hybridized carbons (Fsp3) is 0.586. The number of aliphatic hydroxyl groups is 16. The number of nitrogens with one attached hydrogen (secondary N) is 6. The number of H-pyrrole nitrogens is 1. The summed E-state index contributed by atoms with van der Waals surface area (Å²) in [7, 11) is 0. The van der Waals surface area contributed by atoms with Crippen molar-refractivity contribution in [3.05, 3.63) is 52.1 Å². The van der Waals surface area contributed by atoms with Crippen LogP contribution in [-0.4, -0.2) is 322 Å². The zero-order valence-electron chi connectivity index (χ0n) is 53.5. The van der Waals surface area contributed by atoms with Crippen molar-refractivity contribution < 1.29 is 160 Å². The number of aliphatic hydroxyl groups excluding tert-OH is 16. The van der Waals surface area contributed by atoms with E-state index in [4.69, 9.17) is 5.73 Å². The Morgan fingerprint density at radius 3 is 1.42 bits per heavy atom. The number of thiol groups is 1. The molecule has 3 rings (SSSR count). The first-order chi connectivity index (χ1) is 47.8. The molecule has 2 aromatic heterocycles. The number of hydrogen-bond donors (Lipinski definition) is 28. The number of nitrogens with two attached hydrogens (primary N) is 1. The Labute approximate surface area is 579 Å². The third-order valence-corrected chi connectivity index (χ3v) is 16.3. The Balaban J connectivity index is 2.00. The number of aromatic amines is 1. The van der Waals surface area contributed by atoms with Gasteiger partial charge in [-0.3, -0.25) is 62.5 Å². The van der Waals surface area contributed by atoms with E-state index in [1.54, 1.807) is 10.6 Å². The molecule has 4 amide bonds. The van der Waals surface area contributed by atoms with Crippen LogP contribution in [0.2, 0.25) is 0 Å². The van der Waals surface area contributed by atoms with Crippen LogP contribution in [0.3, 0.4) is 0 Å². The molecule has 0 unspecified atom stereocenters. The molecule has 20 atom stereocenters. The SMILES string of the molecule is Nc1nc2ncc(CNc3ccc(C(=O)N[C@@H](CCC(=O)C[C@H](C(=O)N[C@@H](CC(=O)O)C(=O)C[C@H](C(=O)N[C@H](C(=O)C[C@@H](CC(=O)O)C(=O)N[C@H](C(=O)C[C@H](CS)C(=O)O)[C@H](O)[C@@H](O)[C@@H](O)CO)[C@H](O)[C@@H](O)[C@@H](O)CO)[C@@H](O)[C@H](O)[C@H](O)CO)[C@@H](O)[C@H](O)[C@H](O)CO)C(=O)O)cc3)nc2c(=O)[nH]1. The second-order valence-electron chi connectivity index (χ2n) is 23.4. The van der Waals surface area contributed by atoms with E-state index in [0.717, 1.165) is 0 Å². The number of nitrogens with zero attached hydrogens (tertiary/aromatic N) is 3. The number of amides is 4. The maximum absolute atomic E-state index is 14.5. The number of fused-ring (bicyclic) bond motifs is 1. The smallest absolute Gasteiger partial charge is 0.326 e. The molecule has 568 valence electrons. The van der Waals surface area contributed by atoms with E-state index in [1.807, 2.05) is 5.32 Å². The van der Waals surface area contributed by atoms with Gasteiger partial charge in [-0.05, 0) is 30.7 Å². The molecule has 28 N–H and O–H groups in total. The number of benzene rings is 1. The maximum atomic E-state index is 14.5. The number of Topliss-reactive ketones (excluding diaryl/α,β-unsaturated/α-hetero) is 4. The standard InChI is InChI=1S/C58H82N10O33S/c59-58-67-50-41(55(97)68-58)62-24(14-61-50)13-60-23-3-1-20(2-4-23)51(93)63-28(57(100)101)6-5-25(73)10-26(42(85)44(87)33(77)15-69)53(95)64-29(12-38(83)84)30(74)11-27(43(86)45(88)34(78)16-70)54(96)66-40(49(92)47(90)36(80)18-72)31(75)7-21(9-37(81)82)52(94)65-39(48(91)46(89)35(79)17-71)32(76)8-22(19-102)56(98)99/h1-4,14,21-22,26-29,33-36,39-40,42-49,60,69-72,77-80,85-92,102H,5-13,15-19H2,(H,63,93)(H,64,95)(H,65,94)(H,66,96)(H,81,82)(H,83,84)(H,98,99)(H,100,101)(H3,59,61,67,68,97)/t21-,22+,26-,27-,28-,29-,33+,34+,35-,36-,39+,40+,42+,43+,44+,45+,46-,47-,48-,49-/m0/s1. The summed E-state index contributed by atoms with van der Waals surface area (Å²) in [5, 5.41) is 217. The molecule has 0 aliphatic rings. The Morgan fingerprint density at radius 2 is 0.961 bits per heavy atom. The highest BCUT2D eigenvalue weighted by Crippen LogP contribution is 2.25. The number of aromatic nitrogens is 4. The van der Waals surface area contributed by atoms with Crippen LogP contribution in [0.4, 0.5) is 11.6 Å². The number of hydrogen-bond acceptors (Lipinski definition) is 35. The summed E-state index contributed by atoms with van der Waals surface area (Å²) in [5.74, 6) is -30.2. The second-order valence-corrected chi connectivity index (χ2v) is 23.7. The van der Waals surface area contributed by atoms with E-state index in [-0.39, 0.29) is 34.9 Å². The molecule has 43 nitrogen and oxygen atoms in total. The predicted molar refractivity (Wildman–Crippen MR) is 339 cm³/mol. The second kappa shape index (κ2) is 41.3. The predicted octanol–water partition coefficient (Wildman–Crippen LogP) is -12.1.